The normalized spacial score (nSPS) is 13.9. The van der Waals surface area contributed by atoms with Crippen molar-refractivity contribution < 1.29 is 17.4 Å². The fraction of sp³-hybridized carbons (Fsp3) is 0.875. The molecule has 0 saturated heterocycles. The van der Waals surface area contributed by atoms with Gasteiger partial charge in [0.2, 0.25) is 0 Å². The highest BCUT2D eigenvalue weighted by atomic mass is 32.2. The van der Waals surface area contributed by atoms with E-state index in [1.54, 1.807) is 13.8 Å². The van der Waals surface area contributed by atoms with Gasteiger partial charge in [-0.1, -0.05) is 13.8 Å². The largest absolute Gasteiger partial charge is 0.344 e. The van der Waals surface area contributed by atoms with Crippen LogP contribution in [0, 0.1) is 5.92 Å². The molecule has 0 heterocycles. The van der Waals surface area contributed by atoms with Gasteiger partial charge in [-0.25, -0.2) is 4.79 Å². The van der Waals surface area contributed by atoms with E-state index in [0.29, 0.717) is 0 Å². The van der Waals surface area contributed by atoms with Gasteiger partial charge in [0.05, 0.1) is 5.75 Å². The molecule has 1 atom stereocenters. The van der Waals surface area contributed by atoms with Gasteiger partial charge in [-0.2, -0.15) is 8.42 Å². The van der Waals surface area contributed by atoms with E-state index in [4.69, 9.17) is 11.5 Å². The lowest BCUT2D eigenvalue weighted by Crippen LogP contribution is -2.38. The Bertz CT molecular complexity index is 300. The molecule has 0 aliphatic rings. The average Bonchev–Trinajstić information content (AvgIpc) is 2.12. The Balaban J connectivity index is 4.28. The Hall–Kier alpha value is -0.660. The van der Waals surface area contributed by atoms with Crippen LogP contribution in [0.3, 0.4) is 0 Å². The van der Waals surface area contributed by atoms with Gasteiger partial charge in [0, 0.05) is 0 Å². The molecule has 0 saturated carbocycles. The molecule has 6 nitrogen and oxygen atoms in total. The van der Waals surface area contributed by atoms with Crippen LogP contribution in [-0.2, 0) is 19.1 Å². The Morgan fingerprint density at radius 3 is 2.33 bits per heavy atom. The maximum absolute atomic E-state index is 11.2. The molecule has 0 aliphatic carbocycles. The van der Waals surface area contributed by atoms with Crippen molar-refractivity contribution in [1.29, 1.82) is 0 Å². The molecule has 0 aliphatic heterocycles. The summed E-state index contributed by atoms with van der Waals surface area (Å²) in [5.74, 6) is -1.34. The summed E-state index contributed by atoms with van der Waals surface area (Å²) in [6.45, 7) is 3.64. The van der Waals surface area contributed by atoms with Crippen LogP contribution in [0.15, 0.2) is 0 Å². The Morgan fingerprint density at radius 2 is 1.93 bits per heavy atom. The van der Waals surface area contributed by atoms with Crippen molar-refractivity contribution in [1.82, 2.24) is 0 Å². The molecule has 0 fully saturated rings. The molecule has 4 N–H and O–H groups in total. The second-order valence-corrected chi connectivity index (χ2v) is 5.27. The van der Waals surface area contributed by atoms with Crippen molar-refractivity contribution in [3.63, 3.8) is 0 Å². The van der Waals surface area contributed by atoms with Gasteiger partial charge in [0.15, 0.2) is 0 Å². The van der Waals surface area contributed by atoms with Gasteiger partial charge >= 0.3 is 16.1 Å². The van der Waals surface area contributed by atoms with Crippen LogP contribution in [0.25, 0.3) is 0 Å². The monoisotopic (exact) mass is 238 g/mol. The topological polar surface area (TPSA) is 112 Å². The van der Waals surface area contributed by atoms with E-state index >= 15 is 0 Å². The van der Waals surface area contributed by atoms with Crippen molar-refractivity contribution in [2.24, 2.45) is 17.4 Å². The second-order valence-electron chi connectivity index (χ2n) is 3.58. The molecule has 7 heteroatoms. The molecule has 15 heavy (non-hydrogen) atoms. The summed E-state index contributed by atoms with van der Waals surface area (Å²) < 4.78 is 26.7. The number of carbonyl (C=O) groups excluding carboxylic acids is 1. The minimum atomic E-state index is -3.83. The van der Waals surface area contributed by atoms with E-state index in [-0.39, 0.29) is 24.6 Å². The number of nitrogens with two attached hydrogens (primary N) is 2. The summed E-state index contributed by atoms with van der Waals surface area (Å²) >= 11 is 0. The van der Waals surface area contributed by atoms with E-state index in [1.807, 2.05) is 0 Å². The third kappa shape index (κ3) is 5.71. The lowest BCUT2D eigenvalue weighted by molar-refractivity contribution is -0.136. The standard InChI is InChI=1S/C8H18N2O4S/c1-6(2)7(10)8(11)14-15(12,13)5-3-4-9/h6-7H,3-5,9-10H2,1-2H3/t7-/m0/s1. The summed E-state index contributed by atoms with van der Waals surface area (Å²) in [7, 11) is -3.83. The SMILES string of the molecule is CC(C)[C@H](N)C(=O)OS(=O)(=O)CCCN. The molecular formula is C8H18N2O4S. The zero-order valence-corrected chi connectivity index (χ0v) is 9.79. The van der Waals surface area contributed by atoms with Crippen molar-refractivity contribution >= 4 is 16.1 Å². The molecule has 0 aromatic rings. The van der Waals surface area contributed by atoms with E-state index in [9.17, 15) is 13.2 Å². The molecule has 0 aromatic heterocycles. The van der Waals surface area contributed by atoms with Gasteiger partial charge in [-0.15, -0.1) is 0 Å². The molecule has 0 rings (SSSR count). The van der Waals surface area contributed by atoms with Crippen LogP contribution < -0.4 is 11.5 Å². The minimum Gasteiger partial charge on any atom is -0.344 e. The molecule has 0 radical (unpaired) electrons. The fourth-order valence-corrected chi connectivity index (χ4v) is 1.72. The van der Waals surface area contributed by atoms with Crippen molar-refractivity contribution in [3.8, 4) is 0 Å². The Labute approximate surface area is 90.1 Å². The number of hydrogen-bond acceptors (Lipinski definition) is 6. The van der Waals surface area contributed by atoms with Crippen molar-refractivity contribution in [2.75, 3.05) is 12.3 Å². The first-order valence-electron chi connectivity index (χ1n) is 4.72. The van der Waals surface area contributed by atoms with E-state index in [1.165, 1.54) is 0 Å². The quantitative estimate of drug-likeness (QED) is 0.585. The first-order chi connectivity index (χ1) is 6.80. The van der Waals surface area contributed by atoms with E-state index < -0.39 is 22.1 Å². The van der Waals surface area contributed by atoms with Crippen molar-refractivity contribution in [3.05, 3.63) is 0 Å². The van der Waals surface area contributed by atoms with Gasteiger partial charge in [0.25, 0.3) is 0 Å². The Morgan fingerprint density at radius 1 is 1.40 bits per heavy atom. The van der Waals surface area contributed by atoms with Gasteiger partial charge in [-0.3, -0.25) is 0 Å². The molecule has 0 amide bonds. The molecule has 0 bridgehead atoms. The van der Waals surface area contributed by atoms with Gasteiger partial charge < -0.3 is 15.7 Å². The highest BCUT2D eigenvalue weighted by Gasteiger charge is 2.24. The third-order valence-electron chi connectivity index (χ3n) is 1.80. The summed E-state index contributed by atoms with van der Waals surface area (Å²) in [4.78, 5) is 11.2. The van der Waals surface area contributed by atoms with Crippen LogP contribution in [0.4, 0.5) is 0 Å². The fourth-order valence-electron chi connectivity index (χ4n) is 0.755. The number of rotatable bonds is 6. The number of hydrogen-bond donors (Lipinski definition) is 2. The summed E-state index contributed by atoms with van der Waals surface area (Å²) in [5.41, 5.74) is 10.6. The number of carbonyl (C=O) groups is 1. The molecule has 0 spiro atoms. The first-order valence-corrected chi connectivity index (χ1v) is 6.29. The zero-order chi connectivity index (χ0) is 12.1. The average molecular weight is 238 g/mol. The summed E-state index contributed by atoms with van der Waals surface area (Å²) in [6.07, 6.45) is 0.256. The van der Waals surface area contributed by atoms with Crippen molar-refractivity contribution in [2.45, 2.75) is 26.3 Å². The summed E-state index contributed by atoms with van der Waals surface area (Å²) in [6, 6.07) is -0.919. The predicted molar refractivity (Wildman–Crippen MR) is 56.4 cm³/mol. The van der Waals surface area contributed by atoms with E-state index in [0.717, 1.165) is 0 Å². The van der Waals surface area contributed by atoms with E-state index in [2.05, 4.69) is 4.18 Å². The lowest BCUT2D eigenvalue weighted by Gasteiger charge is -2.13. The predicted octanol–water partition coefficient (Wildman–Crippen LogP) is -0.808. The second kappa shape index (κ2) is 6.04. The minimum absolute atomic E-state index is 0.165. The summed E-state index contributed by atoms with van der Waals surface area (Å²) in [5, 5.41) is 0. The maximum Gasteiger partial charge on any atom is 0.339 e. The first kappa shape index (κ1) is 14.3. The van der Waals surface area contributed by atoms with Crippen LogP contribution in [0.2, 0.25) is 0 Å². The highest BCUT2D eigenvalue weighted by Crippen LogP contribution is 2.04. The smallest absolute Gasteiger partial charge is 0.339 e. The van der Waals surface area contributed by atoms with Crippen LogP contribution in [0.5, 0.6) is 0 Å². The molecule has 0 unspecified atom stereocenters. The zero-order valence-electron chi connectivity index (χ0n) is 8.97. The molecular weight excluding hydrogens is 220 g/mol. The van der Waals surface area contributed by atoms with Gasteiger partial charge in [-0.05, 0) is 18.9 Å². The van der Waals surface area contributed by atoms with Crippen LogP contribution in [-0.4, -0.2) is 32.7 Å². The third-order valence-corrected chi connectivity index (χ3v) is 3.00. The highest BCUT2D eigenvalue weighted by molar-refractivity contribution is 7.87. The molecule has 90 valence electrons. The lowest BCUT2D eigenvalue weighted by atomic mass is 10.1. The maximum atomic E-state index is 11.2. The van der Waals surface area contributed by atoms with Crippen LogP contribution >= 0.6 is 0 Å². The van der Waals surface area contributed by atoms with Crippen LogP contribution in [0.1, 0.15) is 20.3 Å². The van der Waals surface area contributed by atoms with Gasteiger partial charge in [0.1, 0.15) is 6.04 Å². The molecule has 0 aromatic carbocycles. The Kier molecular flexibility index (Phi) is 5.77.